The predicted molar refractivity (Wildman–Crippen MR) is 52.8 cm³/mol. The Hall–Kier alpha value is -1.03. The van der Waals surface area contributed by atoms with Crippen LogP contribution in [-0.2, 0) is 11.8 Å². The molecule has 0 unspecified atom stereocenters. The second-order valence-electron chi connectivity index (χ2n) is 2.94. The Kier molecular flexibility index (Phi) is 4.32. The molecular formula is C9H17N3O. The minimum Gasteiger partial charge on any atom is -0.380 e. The molecule has 1 N–H and O–H groups in total. The summed E-state index contributed by atoms with van der Waals surface area (Å²) >= 11 is 0. The van der Waals surface area contributed by atoms with Gasteiger partial charge in [0.05, 0.1) is 18.5 Å². The molecule has 4 heteroatoms. The van der Waals surface area contributed by atoms with Crippen LogP contribution in [0.3, 0.4) is 0 Å². The molecule has 0 amide bonds. The summed E-state index contributed by atoms with van der Waals surface area (Å²) in [5.74, 6) is 0. The SMILES string of the molecule is CCCOCCNc1cnn(C)c1. The maximum absolute atomic E-state index is 5.32. The van der Waals surface area contributed by atoms with Crippen molar-refractivity contribution in [1.29, 1.82) is 0 Å². The van der Waals surface area contributed by atoms with Crippen LogP contribution in [0.5, 0.6) is 0 Å². The van der Waals surface area contributed by atoms with E-state index in [9.17, 15) is 0 Å². The van der Waals surface area contributed by atoms with E-state index >= 15 is 0 Å². The average molecular weight is 183 g/mol. The van der Waals surface area contributed by atoms with Crippen LogP contribution in [0.15, 0.2) is 12.4 Å². The van der Waals surface area contributed by atoms with Crippen molar-refractivity contribution in [2.75, 3.05) is 25.1 Å². The summed E-state index contributed by atoms with van der Waals surface area (Å²) in [5, 5.41) is 7.26. The van der Waals surface area contributed by atoms with Gasteiger partial charge >= 0.3 is 0 Å². The van der Waals surface area contributed by atoms with Gasteiger partial charge in [0.25, 0.3) is 0 Å². The van der Waals surface area contributed by atoms with Gasteiger partial charge in [-0.2, -0.15) is 5.10 Å². The Morgan fingerprint density at radius 1 is 1.54 bits per heavy atom. The molecule has 4 nitrogen and oxygen atoms in total. The number of ether oxygens (including phenoxy) is 1. The quantitative estimate of drug-likeness (QED) is 0.675. The summed E-state index contributed by atoms with van der Waals surface area (Å²) in [7, 11) is 1.90. The fourth-order valence-corrected chi connectivity index (χ4v) is 1.03. The first-order valence-corrected chi connectivity index (χ1v) is 4.63. The number of rotatable bonds is 6. The molecule has 0 aromatic carbocycles. The van der Waals surface area contributed by atoms with E-state index in [-0.39, 0.29) is 0 Å². The first kappa shape index (κ1) is 10.1. The fourth-order valence-electron chi connectivity index (χ4n) is 1.03. The Balaban J connectivity index is 2.06. The van der Waals surface area contributed by atoms with Crippen molar-refractivity contribution >= 4 is 5.69 Å². The molecule has 0 atom stereocenters. The number of aryl methyl sites for hydroxylation is 1. The van der Waals surface area contributed by atoms with Gasteiger partial charge in [-0.15, -0.1) is 0 Å². The van der Waals surface area contributed by atoms with Crippen LogP contribution in [0, 0.1) is 0 Å². The normalized spacial score (nSPS) is 10.3. The van der Waals surface area contributed by atoms with E-state index in [1.807, 2.05) is 13.2 Å². The van der Waals surface area contributed by atoms with E-state index in [4.69, 9.17) is 4.74 Å². The van der Waals surface area contributed by atoms with Crippen molar-refractivity contribution in [2.45, 2.75) is 13.3 Å². The van der Waals surface area contributed by atoms with E-state index in [1.165, 1.54) is 0 Å². The lowest BCUT2D eigenvalue weighted by Gasteiger charge is -2.03. The zero-order chi connectivity index (χ0) is 9.52. The molecule has 0 bridgehead atoms. The molecule has 1 heterocycles. The summed E-state index contributed by atoms with van der Waals surface area (Å²) < 4.78 is 7.09. The fraction of sp³-hybridized carbons (Fsp3) is 0.667. The van der Waals surface area contributed by atoms with Gasteiger partial charge < -0.3 is 10.1 Å². The van der Waals surface area contributed by atoms with Crippen LogP contribution in [0.2, 0.25) is 0 Å². The van der Waals surface area contributed by atoms with Gasteiger partial charge in [0.2, 0.25) is 0 Å². The van der Waals surface area contributed by atoms with Crippen molar-refractivity contribution in [2.24, 2.45) is 7.05 Å². The van der Waals surface area contributed by atoms with Crippen LogP contribution >= 0.6 is 0 Å². The molecule has 0 saturated carbocycles. The van der Waals surface area contributed by atoms with Gasteiger partial charge in [-0.05, 0) is 6.42 Å². The topological polar surface area (TPSA) is 39.1 Å². The lowest BCUT2D eigenvalue weighted by molar-refractivity contribution is 0.144. The van der Waals surface area contributed by atoms with Crippen LogP contribution < -0.4 is 5.32 Å². The minimum atomic E-state index is 0.753. The number of aromatic nitrogens is 2. The summed E-state index contributed by atoms with van der Waals surface area (Å²) in [6.07, 6.45) is 4.83. The second kappa shape index (κ2) is 5.59. The molecule has 0 aliphatic carbocycles. The van der Waals surface area contributed by atoms with Gasteiger partial charge in [0.15, 0.2) is 0 Å². The van der Waals surface area contributed by atoms with Crippen LogP contribution in [0.4, 0.5) is 5.69 Å². The first-order valence-electron chi connectivity index (χ1n) is 4.63. The van der Waals surface area contributed by atoms with E-state index in [0.29, 0.717) is 0 Å². The lowest BCUT2D eigenvalue weighted by atomic mass is 10.5. The van der Waals surface area contributed by atoms with Crippen LogP contribution in [-0.4, -0.2) is 29.5 Å². The summed E-state index contributed by atoms with van der Waals surface area (Å²) in [4.78, 5) is 0. The standard InChI is InChI=1S/C9H17N3O/c1-3-5-13-6-4-10-9-7-11-12(2)8-9/h7-8,10H,3-6H2,1-2H3. The number of hydrogen-bond donors (Lipinski definition) is 1. The van der Waals surface area contributed by atoms with Gasteiger partial charge in [-0.25, -0.2) is 0 Å². The molecule has 0 fully saturated rings. The monoisotopic (exact) mass is 183 g/mol. The first-order chi connectivity index (χ1) is 6.33. The molecule has 74 valence electrons. The largest absolute Gasteiger partial charge is 0.380 e. The third-order valence-electron chi connectivity index (χ3n) is 1.63. The number of hydrogen-bond acceptors (Lipinski definition) is 3. The summed E-state index contributed by atoms with van der Waals surface area (Å²) in [6, 6.07) is 0. The molecule has 0 aliphatic rings. The zero-order valence-electron chi connectivity index (χ0n) is 8.29. The highest BCUT2D eigenvalue weighted by Crippen LogP contribution is 2.01. The third kappa shape index (κ3) is 3.94. The van der Waals surface area contributed by atoms with Gasteiger partial charge in [-0.3, -0.25) is 4.68 Å². The summed E-state index contributed by atoms with van der Waals surface area (Å²) in [6.45, 7) is 4.54. The number of anilines is 1. The van der Waals surface area contributed by atoms with Gasteiger partial charge in [0, 0.05) is 26.4 Å². The lowest BCUT2D eigenvalue weighted by Crippen LogP contribution is -2.09. The number of nitrogens with zero attached hydrogens (tertiary/aromatic N) is 2. The molecular weight excluding hydrogens is 166 g/mol. The maximum atomic E-state index is 5.32. The van der Waals surface area contributed by atoms with Crippen molar-refractivity contribution in [1.82, 2.24) is 9.78 Å². The van der Waals surface area contributed by atoms with Crippen molar-refractivity contribution in [3.05, 3.63) is 12.4 Å². The molecule has 1 aromatic rings. The molecule has 1 aromatic heterocycles. The van der Waals surface area contributed by atoms with E-state index in [0.717, 1.165) is 31.9 Å². The smallest absolute Gasteiger partial charge is 0.0727 e. The molecule has 0 saturated heterocycles. The highest BCUT2D eigenvalue weighted by atomic mass is 16.5. The van der Waals surface area contributed by atoms with Crippen molar-refractivity contribution in [3.63, 3.8) is 0 Å². The maximum Gasteiger partial charge on any atom is 0.0727 e. The van der Waals surface area contributed by atoms with Gasteiger partial charge in [0.1, 0.15) is 0 Å². The Labute approximate surface area is 78.9 Å². The van der Waals surface area contributed by atoms with Crippen LogP contribution in [0.25, 0.3) is 0 Å². The minimum absolute atomic E-state index is 0.753. The zero-order valence-corrected chi connectivity index (χ0v) is 8.29. The molecule has 1 rings (SSSR count). The van der Waals surface area contributed by atoms with Gasteiger partial charge in [-0.1, -0.05) is 6.92 Å². The highest BCUT2D eigenvalue weighted by Gasteiger charge is 1.93. The molecule has 0 aliphatic heterocycles. The molecule has 13 heavy (non-hydrogen) atoms. The third-order valence-corrected chi connectivity index (χ3v) is 1.63. The molecule has 0 spiro atoms. The Bertz CT molecular complexity index is 235. The van der Waals surface area contributed by atoms with Crippen LogP contribution in [0.1, 0.15) is 13.3 Å². The second-order valence-corrected chi connectivity index (χ2v) is 2.94. The van der Waals surface area contributed by atoms with E-state index in [1.54, 1.807) is 10.9 Å². The van der Waals surface area contributed by atoms with Crippen molar-refractivity contribution < 1.29 is 4.74 Å². The Morgan fingerprint density at radius 2 is 2.38 bits per heavy atom. The highest BCUT2D eigenvalue weighted by molar-refractivity contribution is 5.37. The predicted octanol–water partition coefficient (Wildman–Crippen LogP) is 1.26. The number of nitrogens with one attached hydrogen (secondary N) is 1. The average Bonchev–Trinajstić information content (AvgIpc) is 2.51. The van der Waals surface area contributed by atoms with E-state index < -0.39 is 0 Å². The molecule has 0 radical (unpaired) electrons. The summed E-state index contributed by atoms with van der Waals surface area (Å²) in [5.41, 5.74) is 1.04. The Morgan fingerprint density at radius 3 is 3.00 bits per heavy atom. The van der Waals surface area contributed by atoms with Crippen molar-refractivity contribution in [3.8, 4) is 0 Å². The van der Waals surface area contributed by atoms with E-state index in [2.05, 4.69) is 17.3 Å².